The van der Waals surface area contributed by atoms with Crippen molar-refractivity contribution in [1.29, 1.82) is 0 Å². The summed E-state index contributed by atoms with van der Waals surface area (Å²) >= 11 is 0. The van der Waals surface area contributed by atoms with Crippen molar-refractivity contribution in [2.45, 2.75) is 38.6 Å². The molecule has 0 spiro atoms. The van der Waals surface area contributed by atoms with Crippen LogP contribution in [0.25, 0.3) is 0 Å². The Morgan fingerprint density at radius 1 is 1.24 bits per heavy atom. The quantitative estimate of drug-likeness (QED) is 0.713. The van der Waals surface area contributed by atoms with Crippen molar-refractivity contribution in [3.63, 3.8) is 0 Å². The molecule has 5 nitrogen and oxygen atoms in total. The molecular formula is C16H26N2O3. The first-order valence-corrected chi connectivity index (χ1v) is 8.19. The third-order valence-electron chi connectivity index (χ3n) is 5.24. The van der Waals surface area contributed by atoms with Gasteiger partial charge < -0.3 is 9.64 Å². The van der Waals surface area contributed by atoms with E-state index in [0.717, 1.165) is 38.5 Å². The van der Waals surface area contributed by atoms with Crippen molar-refractivity contribution in [1.82, 2.24) is 9.80 Å². The minimum absolute atomic E-state index is 0.161. The number of ether oxygens (including phenoxy) is 1. The maximum absolute atomic E-state index is 12.6. The lowest BCUT2D eigenvalue weighted by Gasteiger charge is -2.40. The molecule has 3 fully saturated rings. The van der Waals surface area contributed by atoms with Crippen LogP contribution in [-0.4, -0.2) is 61.0 Å². The summed E-state index contributed by atoms with van der Waals surface area (Å²) in [6, 6.07) is 0.254. The number of methoxy groups -OCH3 is 1. The SMILES string of the molecule is COC(=O)CCN1CCN(C(=O)[C@@H]2C[C@@H]2C2CC2)[C@H](C)C1. The number of carbonyl (C=O) groups is 2. The van der Waals surface area contributed by atoms with Gasteiger partial charge in [0.2, 0.25) is 5.91 Å². The molecule has 118 valence electrons. The van der Waals surface area contributed by atoms with Gasteiger partial charge >= 0.3 is 5.97 Å². The Bertz CT molecular complexity index is 422. The van der Waals surface area contributed by atoms with Crippen LogP contribution in [0, 0.1) is 17.8 Å². The number of nitrogens with zero attached hydrogens (tertiary/aromatic N) is 2. The smallest absolute Gasteiger partial charge is 0.306 e. The summed E-state index contributed by atoms with van der Waals surface area (Å²) in [5.74, 6) is 2.10. The summed E-state index contributed by atoms with van der Waals surface area (Å²) in [5, 5.41) is 0. The molecule has 0 aromatic carbocycles. The molecule has 21 heavy (non-hydrogen) atoms. The van der Waals surface area contributed by atoms with E-state index in [9.17, 15) is 9.59 Å². The van der Waals surface area contributed by atoms with Crippen LogP contribution in [0.2, 0.25) is 0 Å². The van der Waals surface area contributed by atoms with Gasteiger partial charge in [-0.2, -0.15) is 0 Å². The summed E-state index contributed by atoms with van der Waals surface area (Å²) < 4.78 is 4.68. The molecule has 0 aromatic rings. The summed E-state index contributed by atoms with van der Waals surface area (Å²) in [6.07, 6.45) is 4.24. The van der Waals surface area contributed by atoms with Gasteiger partial charge in [0.1, 0.15) is 0 Å². The van der Waals surface area contributed by atoms with Gasteiger partial charge in [0, 0.05) is 38.1 Å². The molecule has 5 heteroatoms. The molecule has 0 radical (unpaired) electrons. The molecule has 0 N–H and O–H groups in total. The number of hydrogen-bond donors (Lipinski definition) is 0. The zero-order valence-corrected chi connectivity index (χ0v) is 13.1. The number of amides is 1. The Morgan fingerprint density at radius 3 is 2.62 bits per heavy atom. The van der Waals surface area contributed by atoms with Gasteiger partial charge in [0.25, 0.3) is 0 Å². The van der Waals surface area contributed by atoms with Crippen LogP contribution >= 0.6 is 0 Å². The Hall–Kier alpha value is -1.10. The first-order valence-electron chi connectivity index (χ1n) is 8.19. The van der Waals surface area contributed by atoms with Crippen molar-refractivity contribution < 1.29 is 14.3 Å². The Kier molecular flexibility index (Phi) is 4.20. The number of esters is 1. The zero-order valence-electron chi connectivity index (χ0n) is 13.1. The second-order valence-corrected chi connectivity index (χ2v) is 6.85. The fourth-order valence-corrected chi connectivity index (χ4v) is 3.67. The van der Waals surface area contributed by atoms with E-state index in [1.54, 1.807) is 0 Å². The highest BCUT2D eigenvalue weighted by Gasteiger charge is 2.52. The Balaban J connectivity index is 1.44. The van der Waals surface area contributed by atoms with Crippen molar-refractivity contribution in [2.75, 3.05) is 33.3 Å². The predicted octanol–water partition coefficient (Wildman–Crippen LogP) is 1.13. The highest BCUT2D eigenvalue weighted by Crippen LogP contribution is 2.55. The van der Waals surface area contributed by atoms with Gasteiger partial charge in [0.15, 0.2) is 0 Å². The zero-order chi connectivity index (χ0) is 15.0. The van der Waals surface area contributed by atoms with Crippen LogP contribution in [0.1, 0.15) is 32.6 Å². The van der Waals surface area contributed by atoms with Crippen molar-refractivity contribution >= 4 is 11.9 Å². The van der Waals surface area contributed by atoms with E-state index in [1.165, 1.54) is 20.0 Å². The number of piperazine rings is 1. The average molecular weight is 294 g/mol. The molecule has 1 amide bonds. The monoisotopic (exact) mass is 294 g/mol. The second kappa shape index (κ2) is 5.95. The summed E-state index contributed by atoms with van der Waals surface area (Å²) in [6.45, 7) is 5.39. The minimum Gasteiger partial charge on any atom is -0.469 e. The van der Waals surface area contributed by atoms with Crippen molar-refractivity contribution in [2.24, 2.45) is 17.8 Å². The van der Waals surface area contributed by atoms with E-state index in [4.69, 9.17) is 0 Å². The molecule has 0 bridgehead atoms. The minimum atomic E-state index is -0.161. The first-order chi connectivity index (χ1) is 10.1. The topological polar surface area (TPSA) is 49.9 Å². The van der Waals surface area contributed by atoms with Crippen LogP contribution in [0.4, 0.5) is 0 Å². The van der Waals surface area contributed by atoms with Gasteiger partial charge in [0.05, 0.1) is 13.5 Å². The standard InChI is InChI=1S/C16H26N2O3/c1-11-10-17(6-5-15(19)21-2)7-8-18(11)16(20)14-9-13(14)12-3-4-12/h11-14H,3-10H2,1-2H3/t11-,13-,14-/m1/s1. The first kappa shape index (κ1) is 14.8. The second-order valence-electron chi connectivity index (χ2n) is 6.85. The lowest BCUT2D eigenvalue weighted by atomic mass is 10.1. The number of rotatable bonds is 5. The fourth-order valence-electron chi connectivity index (χ4n) is 3.67. The van der Waals surface area contributed by atoms with Crippen molar-refractivity contribution in [3.05, 3.63) is 0 Å². The molecule has 3 aliphatic rings. The van der Waals surface area contributed by atoms with Gasteiger partial charge in [-0.15, -0.1) is 0 Å². The van der Waals surface area contributed by atoms with E-state index in [2.05, 4.69) is 21.5 Å². The third-order valence-corrected chi connectivity index (χ3v) is 5.24. The highest BCUT2D eigenvalue weighted by atomic mass is 16.5. The van der Waals surface area contributed by atoms with Crippen LogP contribution in [-0.2, 0) is 14.3 Å². The maximum Gasteiger partial charge on any atom is 0.306 e. The third kappa shape index (κ3) is 3.39. The van der Waals surface area contributed by atoms with Gasteiger partial charge in [-0.25, -0.2) is 0 Å². The van der Waals surface area contributed by atoms with Crippen LogP contribution in [0.3, 0.4) is 0 Å². The summed E-state index contributed by atoms with van der Waals surface area (Å²) in [7, 11) is 1.42. The molecule has 2 saturated carbocycles. The highest BCUT2D eigenvalue weighted by molar-refractivity contribution is 5.82. The summed E-state index contributed by atoms with van der Waals surface area (Å²) in [5.41, 5.74) is 0. The van der Waals surface area contributed by atoms with Crippen molar-refractivity contribution in [3.8, 4) is 0 Å². The molecule has 2 aliphatic carbocycles. The van der Waals surface area contributed by atoms with Crippen LogP contribution < -0.4 is 0 Å². The van der Waals surface area contributed by atoms with E-state index in [-0.39, 0.29) is 12.0 Å². The lowest BCUT2D eigenvalue weighted by Crippen LogP contribution is -2.54. The molecule has 3 atom stereocenters. The van der Waals surface area contributed by atoms with E-state index in [1.807, 2.05) is 0 Å². The fraction of sp³-hybridized carbons (Fsp3) is 0.875. The molecule has 1 heterocycles. The Labute approximate surface area is 126 Å². The average Bonchev–Trinajstić information content (AvgIpc) is 3.35. The lowest BCUT2D eigenvalue weighted by molar-refractivity contribution is -0.142. The van der Waals surface area contributed by atoms with Crippen LogP contribution in [0.5, 0.6) is 0 Å². The van der Waals surface area contributed by atoms with E-state index < -0.39 is 0 Å². The van der Waals surface area contributed by atoms with Gasteiger partial charge in [-0.1, -0.05) is 0 Å². The molecule has 0 aromatic heterocycles. The molecule has 0 unspecified atom stereocenters. The summed E-state index contributed by atoms with van der Waals surface area (Å²) in [4.78, 5) is 28.1. The molecular weight excluding hydrogens is 268 g/mol. The Morgan fingerprint density at radius 2 is 2.00 bits per heavy atom. The molecule has 3 rings (SSSR count). The molecule has 1 saturated heterocycles. The van der Waals surface area contributed by atoms with Gasteiger partial charge in [-0.05, 0) is 38.0 Å². The maximum atomic E-state index is 12.6. The number of carbonyl (C=O) groups excluding carboxylic acids is 2. The molecule has 1 aliphatic heterocycles. The largest absolute Gasteiger partial charge is 0.469 e. The normalized spacial score (nSPS) is 32.9. The van der Waals surface area contributed by atoms with E-state index in [0.29, 0.717) is 24.2 Å². The predicted molar refractivity (Wildman–Crippen MR) is 78.6 cm³/mol. The number of hydrogen-bond acceptors (Lipinski definition) is 4. The van der Waals surface area contributed by atoms with Gasteiger partial charge in [-0.3, -0.25) is 14.5 Å². The van der Waals surface area contributed by atoms with E-state index >= 15 is 0 Å². The van der Waals surface area contributed by atoms with Crippen LogP contribution in [0.15, 0.2) is 0 Å².